The summed E-state index contributed by atoms with van der Waals surface area (Å²) in [5.74, 6) is -1.58. The van der Waals surface area contributed by atoms with E-state index in [2.05, 4.69) is 10.6 Å². The predicted molar refractivity (Wildman–Crippen MR) is 102 cm³/mol. The molecule has 2 amide bonds. The van der Waals surface area contributed by atoms with E-state index in [1.807, 2.05) is 6.92 Å². The highest BCUT2D eigenvalue weighted by molar-refractivity contribution is 7.93. The van der Waals surface area contributed by atoms with Crippen molar-refractivity contribution in [3.63, 3.8) is 0 Å². The van der Waals surface area contributed by atoms with Gasteiger partial charge >= 0.3 is 11.8 Å². The van der Waals surface area contributed by atoms with Gasteiger partial charge in [-0.05, 0) is 23.4 Å². The number of carbonyl (C=O) groups is 2. The predicted octanol–water partition coefficient (Wildman–Crippen LogP) is 2.30. The Morgan fingerprint density at radius 1 is 1.04 bits per heavy atom. The number of nitrogens with one attached hydrogen (secondary N) is 2. The molecule has 0 fully saturated rings. The lowest BCUT2D eigenvalue weighted by molar-refractivity contribution is -0.139. The van der Waals surface area contributed by atoms with E-state index in [1.54, 1.807) is 41.8 Å². The van der Waals surface area contributed by atoms with Gasteiger partial charge in [-0.25, -0.2) is 8.42 Å². The van der Waals surface area contributed by atoms with Crippen LogP contribution in [0.1, 0.15) is 30.6 Å². The van der Waals surface area contributed by atoms with E-state index in [4.69, 9.17) is 0 Å². The molecule has 1 atom stereocenters. The minimum atomic E-state index is -3.68. The molecule has 2 aromatic rings. The summed E-state index contributed by atoms with van der Waals surface area (Å²) < 4.78 is 26.1. The molecule has 0 radical (unpaired) electrons. The lowest BCUT2D eigenvalue weighted by Gasteiger charge is -2.18. The second kappa shape index (κ2) is 9.49. The summed E-state index contributed by atoms with van der Waals surface area (Å²) in [6.07, 6.45) is 1.68. The van der Waals surface area contributed by atoms with E-state index in [1.165, 1.54) is 6.07 Å². The summed E-state index contributed by atoms with van der Waals surface area (Å²) in [4.78, 5) is 23.7. The largest absolute Gasteiger partial charge is 0.348 e. The Kier molecular flexibility index (Phi) is 7.35. The minimum absolute atomic E-state index is 0.176. The molecule has 0 aliphatic heterocycles. The summed E-state index contributed by atoms with van der Waals surface area (Å²) >= 11 is 1.13. The van der Waals surface area contributed by atoms with Crippen molar-refractivity contribution in [1.82, 2.24) is 10.6 Å². The lowest BCUT2D eigenvalue weighted by Crippen LogP contribution is -2.42. The minimum Gasteiger partial charge on any atom is -0.348 e. The van der Waals surface area contributed by atoms with E-state index in [0.29, 0.717) is 12.1 Å². The zero-order valence-electron chi connectivity index (χ0n) is 14.5. The van der Waals surface area contributed by atoms with Crippen LogP contribution in [0.3, 0.4) is 0 Å². The first-order valence-corrected chi connectivity index (χ1v) is 10.8. The van der Waals surface area contributed by atoms with Gasteiger partial charge in [-0.3, -0.25) is 9.59 Å². The van der Waals surface area contributed by atoms with Crippen molar-refractivity contribution in [2.24, 2.45) is 0 Å². The SMILES string of the molecule is CCCCNC(=O)C(=O)NC[C@H](c1ccccc1)S(=O)(=O)c1cccs1. The van der Waals surface area contributed by atoms with Crippen molar-refractivity contribution >= 4 is 33.0 Å². The molecule has 0 spiro atoms. The molecule has 1 heterocycles. The second-order valence-electron chi connectivity index (χ2n) is 5.70. The maximum Gasteiger partial charge on any atom is 0.309 e. The number of amides is 2. The number of sulfone groups is 1. The van der Waals surface area contributed by atoms with Crippen LogP contribution < -0.4 is 10.6 Å². The molecule has 1 aromatic heterocycles. The smallest absolute Gasteiger partial charge is 0.309 e. The maximum atomic E-state index is 12.9. The molecule has 140 valence electrons. The number of rotatable bonds is 8. The monoisotopic (exact) mass is 394 g/mol. The van der Waals surface area contributed by atoms with Crippen LogP contribution in [0.2, 0.25) is 0 Å². The molecule has 0 aliphatic rings. The van der Waals surface area contributed by atoms with Crippen LogP contribution in [-0.4, -0.2) is 33.3 Å². The van der Waals surface area contributed by atoms with Gasteiger partial charge in [0.1, 0.15) is 9.46 Å². The molecule has 2 N–H and O–H groups in total. The van der Waals surface area contributed by atoms with Crippen LogP contribution in [0.25, 0.3) is 0 Å². The third-order valence-corrected chi connectivity index (χ3v) is 7.32. The van der Waals surface area contributed by atoms with Crippen LogP contribution >= 0.6 is 11.3 Å². The molecule has 0 aliphatic carbocycles. The first kappa shape index (κ1) is 20.1. The fourth-order valence-corrected chi connectivity index (χ4v) is 5.23. The average Bonchev–Trinajstić information content (AvgIpc) is 3.18. The molecule has 0 saturated heterocycles. The van der Waals surface area contributed by atoms with Gasteiger partial charge in [0.2, 0.25) is 0 Å². The molecule has 0 unspecified atom stereocenters. The Hall–Kier alpha value is -2.19. The Balaban J connectivity index is 2.14. The number of hydrogen-bond acceptors (Lipinski definition) is 5. The molecular weight excluding hydrogens is 372 g/mol. The summed E-state index contributed by atoms with van der Waals surface area (Å²) in [6, 6.07) is 11.9. The first-order chi connectivity index (χ1) is 12.5. The van der Waals surface area contributed by atoms with Gasteiger partial charge < -0.3 is 10.6 Å². The number of thiophene rings is 1. The van der Waals surface area contributed by atoms with Gasteiger partial charge in [0.25, 0.3) is 0 Å². The van der Waals surface area contributed by atoms with Crippen LogP contribution in [0.5, 0.6) is 0 Å². The molecule has 2 rings (SSSR count). The molecule has 6 nitrogen and oxygen atoms in total. The Morgan fingerprint density at radius 3 is 2.35 bits per heavy atom. The number of benzene rings is 1. The van der Waals surface area contributed by atoms with Crippen LogP contribution in [0.15, 0.2) is 52.1 Å². The highest BCUT2D eigenvalue weighted by Gasteiger charge is 2.31. The van der Waals surface area contributed by atoms with Crippen molar-refractivity contribution in [3.8, 4) is 0 Å². The fraction of sp³-hybridized carbons (Fsp3) is 0.333. The molecule has 8 heteroatoms. The molecular formula is C18H22N2O4S2. The van der Waals surface area contributed by atoms with E-state index in [9.17, 15) is 18.0 Å². The number of carbonyl (C=O) groups excluding carboxylic acids is 2. The standard InChI is InChI=1S/C18H22N2O4S2/c1-2-3-11-19-17(21)18(22)20-13-15(14-8-5-4-6-9-14)26(23,24)16-10-7-12-25-16/h4-10,12,15H,2-3,11,13H2,1H3,(H,19,21)(H,20,22)/t15-/m1/s1. The molecule has 26 heavy (non-hydrogen) atoms. The topological polar surface area (TPSA) is 92.3 Å². The van der Waals surface area contributed by atoms with Crippen molar-refractivity contribution in [1.29, 1.82) is 0 Å². The summed E-state index contributed by atoms with van der Waals surface area (Å²) in [5, 5.41) is 5.69. The Morgan fingerprint density at radius 2 is 1.73 bits per heavy atom. The zero-order valence-corrected chi connectivity index (χ0v) is 16.1. The van der Waals surface area contributed by atoms with Crippen molar-refractivity contribution in [3.05, 3.63) is 53.4 Å². The van der Waals surface area contributed by atoms with Gasteiger partial charge in [0.05, 0.1) is 0 Å². The first-order valence-electron chi connectivity index (χ1n) is 8.35. The Bertz CT molecular complexity index is 818. The van der Waals surface area contributed by atoms with Crippen molar-refractivity contribution in [2.75, 3.05) is 13.1 Å². The number of hydrogen-bond donors (Lipinski definition) is 2. The van der Waals surface area contributed by atoms with Gasteiger partial charge in [0, 0.05) is 13.1 Å². The third kappa shape index (κ3) is 5.15. The zero-order chi connectivity index (χ0) is 19.0. The van der Waals surface area contributed by atoms with Gasteiger partial charge in [-0.2, -0.15) is 0 Å². The van der Waals surface area contributed by atoms with Crippen molar-refractivity contribution in [2.45, 2.75) is 29.2 Å². The Labute approximate surface area is 157 Å². The number of unbranched alkanes of at least 4 members (excludes halogenated alkanes) is 1. The lowest BCUT2D eigenvalue weighted by atomic mass is 10.1. The van der Waals surface area contributed by atoms with E-state index >= 15 is 0 Å². The van der Waals surface area contributed by atoms with Gasteiger partial charge in [-0.1, -0.05) is 49.7 Å². The summed E-state index contributed by atoms with van der Waals surface area (Å²) in [6.45, 7) is 2.22. The maximum absolute atomic E-state index is 12.9. The summed E-state index contributed by atoms with van der Waals surface area (Å²) in [7, 11) is -3.68. The molecule has 0 bridgehead atoms. The van der Waals surface area contributed by atoms with Crippen molar-refractivity contribution < 1.29 is 18.0 Å². The van der Waals surface area contributed by atoms with E-state index < -0.39 is 26.9 Å². The third-order valence-electron chi connectivity index (χ3n) is 3.79. The summed E-state index contributed by atoms with van der Waals surface area (Å²) in [5.41, 5.74) is 0.563. The second-order valence-corrected chi connectivity index (χ2v) is 9.00. The highest BCUT2D eigenvalue weighted by atomic mass is 32.2. The van der Waals surface area contributed by atoms with Gasteiger partial charge in [0.15, 0.2) is 9.84 Å². The normalized spacial score (nSPS) is 12.3. The van der Waals surface area contributed by atoms with Crippen LogP contribution in [-0.2, 0) is 19.4 Å². The van der Waals surface area contributed by atoms with Gasteiger partial charge in [-0.15, -0.1) is 11.3 Å². The molecule has 0 saturated carbocycles. The average molecular weight is 395 g/mol. The molecule has 1 aromatic carbocycles. The van der Waals surface area contributed by atoms with E-state index in [0.717, 1.165) is 24.2 Å². The van der Waals surface area contributed by atoms with Crippen LogP contribution in [0, 0.1) is 0 Å². The highest BCUT2D eigenvalue weighted by Crippen LogP contribution is 2.30. The quantitative estimate of drug-likeness (QED) is 0.531. The fourth-order valence-electron chi connectivity index (χ4n) is 2.36. The van der Waals surface area contributed by atoms with Crippen LogP contribution in [0.4, 0.5) is 0 Å². The van der Waals surface area contributed by atoms with E-state index in [-0.39, 0.29) is 10.8 Å².